The highest BCUT2D eigenvalue weighted by Gasteiger charge is 2.25. The number of rotatable bonds is 18. The Balaban J connectivity index is 1.50. The van der Waals surface area contributed by atoms with Gasteiger partial charge in [0.05, 0.1) is 13.2 Å². The Hall–Kier alpha value is -3.01. The Morgan fingerprint density at radius 2 is 1.09 bits per heavy atom. The Labute approximate surface area is 276 Å². The Bertz CT molecular complexity index is 1010. The van der Waals surface area contributed by atoms with E-state index in [4.69, 9.17) is 28.4 Å². The summed E-state index contributed by atoms with van der Waals surface area (Å²) in [5, 5.41) is 9.48. The van der Waals surface area contributed by atoms with Crippen molar-refractivity contribution in [1.82, 2.24) is 5.48 Å². The van der Waals surface area contributed by atoms with Gasteiger partial charge in [-0.2, -0.15) is 0 Å². The van der Waals surface area contributed by atoms with Crippen LogP contribution in [0.25, 0.3) is 0 Å². The van der Waals surface area contributed by atoms with Crippen molar-refractivity contribution in [3.63, 3.8) is 0 Å². The summed E-state index contributed by atoms with van der Waals surface area (Å²) in [6.45, 7) is 3.99. The minimum absolute atomic E-state index is 0.105. The van der Waals surface area contributed by atoms with Gasteiger partial charge >= 0.3 is 0 Å². The predicted molar refractivity (Wildman–Crippen MR) is 179 cm³/mol. The molecule has 2 N–H and O–H groups in total. The molecule has 258 valence electrons. The molecule has 0 spiro atoms. The number of nitrogens with one attached hydrogen (secondary N) is 1. The van der Waals surface area contributed by atoms with Crippen LogP contribution in [0.5, 0.6) is 23.0 Å². The Morgan fingerprint density at radius 1 is 0.674 bits per heavy atom. The van der Waals surface area contributed by atoms with Gasteiger partial charge in [0.25, 0.3) is 5.91 Å². The molecule has 0 bridgehead atoms. The molecule has 1 unspecified atom stereocenters. The van der Waals surface area contributed by atoms with E-state index in [0.29, 0.717) is 55.8 Å². The fraction of sp³-hybridized carbons (Fsp3) is 0.649. The molecule has 0 saturated heterocycles. The summed E-state index contributed by atoms with van der Waals surface area (Å²) in [6.07, 6.45) is 16.6. The van der Waals surface area contributed by atoms with E-state index in [1.807, 2.05) is 48.5 Å². The van der Waals surface area contributed by atoms with Crippen molar-refractivity contribution in [2.24, 2.45) is 0 Å². The number of benzene rings is 2. The molecular weight excluding hydrogens is 586 g/mol. The molecule has 9 nitrogen and oxygen atoms in total. The van der Waals surface area contributed by atoms with Gasteiger partial charge in [-0.15, -0.1) is 0 Å². The van der Waals surface area contributed by atoms with E-state index < -0.39 is 18.1 Å². The van der Waals surface area contributed by atoms with E-state index in [0.717, 1.165) is 19.3 Å². The summed E-state index contributed by atoms with van der Waals surface area (Å²) in [6, 6.07) is 14.8. The number of unbranched alkanes of at least 4 members (excludes halogenated alkanes) is 13. The average Bonchev–Trinajstić information content (AvgIpc) is 3.08. The zero-order valence-corrected chi connectivity index (χ0v) is 27.9. The third-order valence-electron chi connectivity index (χ3n) is 8.10. The molecule has 1 heterocycles. The van der Waals surface area contributed by atoms with Crippen molar-refractivity contribution in [1.29, 1.82) is 0 Å². The highest BCUT2D eigenvalue weighted by Crippen LogP contribution is 2.29. The fourth-order valence-electron chi connectivity index (χ4n) is 5.48. The quantitative estimate of drug-likeness (QED) is 0.0955. The number of fused-ring (bicyclic) bond motifs is 2. The normalized spacial score (nSPS) is 15.3. The zero-order chi connectivity index (χ0) is 32.5. The van der Waals surface area contributed by atoms with Crippen molar-refractivity contribution in [3.05, 3.63) is 48.5 Å². The minimum atomic E-state index is -0.847. The third-order valence-corrected chi connectivity index (χ3v) is 8.10. The van der Waals surface area contributed by atoms with E-state index in [1.54, 1.807) is 5.48 Å². The number of hydrogen-bond donors (Lipinski definition) is 2. The monoisotopic (exact) mass is 643 g/mol. The number of para-hydroxylation sites is 4. The lowest BCUT2D eigenvalue weighted by atomic mass is 10.0. The standard InChI is InChI=1S/C37H57NO8/c1-2-3-4-5-6-7-8-9-10-11-12-13-14-15-24-36(37(39)38-40)46-31-29-44-34-22-18-16-20-32(34)42-27-25-41-26-28-43-33-21-17-19-23-35(33)45-30-31/h16-23,31,36,40H,2-15,24-30H2,1H3,(H,38,39). The van der Waals surface area contributed by atoms with Gasteiger partial charge < -0.3 is 28.4 Å². The van der Waals surface area contributed by atoms with Crippen LogP contribution in [-0.2, 0) is 14.3 Å². The lowest BCUT2D eigenvalue weighted by molar-refractivity contribution is -0.148. The highest BCUT2D eigenvalue weighted by atomic mass is 16.6. The molecule has 2 aromatic rings. The first-order valence-corrected chi connectivity index (χ1v) is 17.6. The maximum absolute atomic E-state index is 12.7. The minimum Gasteiger partial charge on any atom is -0.487 e. The van der Waals surface area contributed by atoms with Crippen molar-refractivity contribution in [2.75, 3.05) is 39.6 Å². The van der Waals surface area contributed by atoms with Crippen molar-refractivity contribution < 1.29 is 38.4 Å². The zero-order valence-electron chi connectivity index (χ0n) is 27.9. The van der Waals surface area contributed by atoms with Crippen LogP contribution in [-0.4, -0.2) is 63.0 Å². The summed E-state index contributed by atoms with van der Waals surface area (Å²) in [5.41, 5.74) is 1.78. The second-order valence-electron chi connectivity index (χ2n) is 11.9. The summed E-state index contributed by atoms with van der Waals surface area (Å²) < 4.78 is 36.0. The second-order valence-corrected chi connectivity index (χ2v) is 11.9. The molecule has 0 aliphatic carbocycles. The highest BCUT2D eigenvalue weighted by molar-refractivity contribution is 5.79. The number of carbonyl (C=O) groups is 1. The summed E-state index contributed by atoms with van der Waals surface area (Å²) in [5.74, 6) is 1.72. The molecule has 46 heavy (non-hydrogen) atoms. The molecule has 1 amide bonds. The first-order chi connectivity index (χ1) is 22.7. The number of carbonyl (C=O) groups excluding carboxylic acids is 1. The number of hydrogen-bond acceptors (Lipinski definition) is 8. The molecule has 0 aromatic heterocycles. The van der Waals surface area contributed by atoms with Gasteiger partial charge in [-0.05, 0) is 30.7 Å². The number of amides is 1. The first kappa shape index (κ1) is 37.4. The molecule has 0 fully saturated rings. The van der Waals surface area contributed by atoms with Crippen molar-refractivity contribution >= 4 is 5.91 Å². The summed E-state index contributed by atoms with van der Waals surface area (Å²) in [4.78, 5) is 12.7. The number of ether oxygens (including phenoxy) is 6. The first-order valence-electron chi connectivity index (χ1n) is 17.6. The van der Waals surface area contributed by atoms with Crippen LogP contribution in [0, 0.1) is 0 Å². The van der Waals surface area contributed by atoms with E-state index in [-0.39, 0.29) is 13.2 Å². The van der Waals surface area contributed by atoms with Crippen LogP contribution < -0.4 is 24.4 Å². The van der Waals surface area contributed by atoms with Gasteiger partial charge in [-0.1, -0.05) is 121 Å². The van der Waals surface area contributed by atoms with Gasteiger partial charge in [0.15, 0.2) is 23.0 Å². The van der Waals surface area contributed by atoms with E-state index in [9.17, 15) is 10.0 Å². The van der Waals surface area contributed by atoms with E-state index in [2.05, 4.69) is 6.92 Å². The second kappa shape index (κ2) is 24.2. The van der Waals surface area contributed by atoms with Gasteiger partial charge in [-0.3, -0.25) is 10.0 Å². The smallest absolute Gasteiger partial charge is 0.272 e. The molecule has 2 aromatic carbocycles. The van der Waals surface area contributed by atoms with Gasteiger partial charge in [-0.25, -0.2) is 5.48 Å². The third kappa shape index (κ3) is 15.5. The molecule has 0 saturated carbocycles. The fourth-order valence-corrected chi connectivity index (χ4v) is 5.48. The molecule has 0 radical (unpaired) electrons. The summed E-state index contributed by atoms with van der Waals surface area (Å²) >= 11 is 0. The molecule has 1 atom stereocenters. The van der Waals surface area contributed by atoms with Crippen LogP contribution in [0.4, 0.5) is 0 Å². The van der Waals surface area contributed by atoms with Crippen molar-refractivity contribution in [3.8, 4) is 23.0 Å². The lowest BCUT2D eigenvalue weighted by Crippen LogP contribution is -2.41. The molecule has 9 heteroatoms. The van der Waals surface area contributed by atoms with Crippen LogP contribution in [0.2, 0.25) is 0 Å². The maximum atomic E-state index is 12.7. The van der Waals surface area contributed by atoms with Gasteiger partial charge in [0.2, 0.25) is 0 Å². The molecular formula is C37H57NO8. The number of hydroxylamine groups is 1. The average molecular weight is 644 g/mol. The van der Waals surface area contributed by atoms with Gasteiger partial charge in [0.1, 0.15) is 38.6 Å². The largest absolute Gasteiger partial charge is 0.487 e. The van der Waals surface area contributed by atoms with Gasteiger partial charge in [0, 0.05) is 0 Å². The van der Waals surface area contributed by atoms with E-state index >= 15 is 0 Å². The Kier molecular flexibility index (Phi) is 19.7. The summed E-state index contributed by atoms with van der Waals surface area (Å²) in [7, 11) is 0. The van der Waals surface area contributed by atoms with Crippen LogP contribution in [0.1, 0.15) is 103 Å². The molecule has 3 rings (SSSR count). The maximum Gasteiger partial charge on any atom is 0.272 e. The van der Waals surface area contributed by atoms with Crippen molar-refractivity contribution in [2.45, 2.75) is 115 Å². The topological polar surface area (TPSA) is 105 Å². The van der Waals surface area contributed by atoms with Crippen LogP contribution in [0.15, 0.2) is 48.5 Å². The SMILES string of the molecule is CCCCCCCCCCCCCCCCC(OC1COc2ccccc2OCCOCCOc2ccccc2OC1)C(=O)NO. The predicted octanol–water partition coefficient (Wildman–Crippen LogP) is 8.06. The lowest BCUT2D eigenvalue weighted by Gasteiger charge is -2.25. The molecule has 1 aliphatic rings. The molecule has 1 aliphatic heterocycles. The van der Waals surface area contributed by atoms with Crippen LogP contribution >= 0.6 is 0 Å². The van der Waals surface area contributed by atoms with Crippen LogP contribution in [0.3, 0.4) is 0 Å². The Morgan fingerprint density at radius 3 is 1.52 bits per heavy atom. The van der Waals surface area contributed by atoms with E-state index in [1.165, 1.54) is 70.6 Å².